The van der Waals surface area contributed by atoms with Crippen molar-refractivity contribution in [3.05, 3.63) is 73.0 Å². The molecule has 1 saturated heterocycles. The van der Waals surface area contributed by atoms with Crippen LogP contribution in [-0.4, -0.2) is 32.6 Å². The van der Waals surface area contributed by atoms with Gasteiger partial charge in [0.2, 0.25) is 0 Å². The first-order valence-corrected chi connectivity index (χ1v) is 14.5. The number of ether oxygens (including phenoxy) is 2. The molecule has 4 nitrogen and oxygen atoms in total. The van der Waals surface area contributed by atoms with E-state index < -0.39 is 8.32 Å². The SMILES string of the molecule is CCCC[C@@H](O[Si](c1ccccc1)(c1ccccc1)C(C)(C)C)[C@H]1CC[C@H](/C=C/OC(C)=O)O1. The van der Waals surface area contributed by atoms with Crippen LogP contribution in [0.5, 0.6) is 0 Å². The first-order valence-electron chi connectivity index (χ1n) is 12.6. The first-order chi connectivity index (χ1) is 16.3. The number of carbonyl (C=O) groups excluding carboxylic acids is 1. The Labute approximate surface area is 206 Å². The van der Waals surface area contributed by atoms with Gasteiger partial charge >= 0.3 is 5.97 Å². The van der Waals surface area contributed by atoms with Gasteiger partial charge in [0.1, 0.15) is 0 Å². The lowest BCUT2D eigenvalue weighted by atomic mass is 10.0. The van der Waals surface area contributed by atoms with Crippen LogP contribution in [0.25, 0.3) is 0 Å². The Morgan fingerprint density at radius 3 is 2.15 bits per heavy atom. The van der Waals surface area contributed by atoms with E-state index in [0.29, 0.717) is 0 Å². The van der Waals surface area contributed by atoms with Gasteiger partial charge in [-0.2, -0.15) is 0 Å². The zero-order valence-electron chi connectivity index (χ0n) is 21.3. The topological polar surface area (TPSA) is 44.8 Å². The van der Waals surface area contributed by atoms with Crippen LogP contribution in [0, 0.1) is 0 Å². The van der Waals surface area contributed by atoms with Crippen LogP contribution in [0.15, 0.2) is 73.0 Å². The van der Waals surface area contributed by atoms with Crippen LogP contribution in [0.1, 0.15) is 66.7 Å². The quantitative estimate of drug-likeness (QED) is 0.247. The third-order valence-electron chi connectivity index (χ3n) is 6.61. The summed E-state index contributed by atoms with van der Waals surface area (Å²) in [7, 11) is -2.66. The summed E-state index contributed by atoms with van der Waals surface area (Å²) in [6.45, 7) is 10.6. The predicted octanol–water partition coefficient (Wildman–Crippen LogP) is 5.75. The molecule has 3 atom stereocenters. The molecule has 184 valence electrons. The van der Waals surface area contributed by atoms with Crippen LogP contribution in [0.4, 0.5) is 0 Å². The molecule has 0 aromatic heterocycles. The molecule has 0 N–H and O–H groups in total. The van der Waals surface area contributed by atoms with Crippen molar-refractivity contribution in [1.82, 2.24) is 0 Å². The molecule has 0 radical (unpaired) electrons. The lowest BCUT2D eigenvalue weighted by Crippen LogP contribution is -2.68. The highest BCUT2D eigenvalue weighted by Crippen LogP contribution is 2.39. The second kappa shape index (κ2) is 12.0. The van der Waals surface area contributed by atoms with Gasteiger partial charge in [0.15, 0.2) is 0 Å². The van der Waals surface area contributed by atoms with Crippen molar-refractivity contribution < 1.29 is 18.7 Å². The Morgan fingerprint density at radius 1 is 1.06 bits per heavy atom. The molecule has 1 aliphatic heterocycles. The monoisotopic (exact) mass is 480 g/mol. The van der Waals surface area contributed by atoms with E-state index in [2.05, 4.69) is 88.4 Å². The molecule has 1 heterocycles. The summed E-state index contributed by atoms with van der Waals surface area (Å²) in [5.41, 5.74) is 0. The summed E-state index contributed by atoms with van der Waals surface area (Å²) in [4.78, 5) is 11.1. The van der Waals surface area contributed by atoms with Crippen molar-refractivity contribution >= 4 is 24.7 Å². The Morgan fingerprint density at radius 2 is 1.65 bits per heavy atom. The van der Waals surface area contributed by atoms with Crippen LogP contribution in [0.2, 0.25) is 5.04 Å². The number of hydrogen-bond acceptors (Lipinski definition) is 4. The van der Waals surface area contributed by atoms with Crippen LogP contribution in [-0.2, 0) is 18.7 Å². The highest BCUT2D eigenvalue weighted by molar-refractivity contribution is 6.99. The molecule has 34 heavy (non-hydrogen) atoms. The van der Waals surface area contributed by atoms with E-state index >= 15 is 0 Å². The van der Waals surface area contributed by atoms with Crippen molar-refractivity contribution in [2.24, 2.45) is 0 Å². The molecule has 3 rings (SSSR count). The van der Waals surface area contributed by atoms with E-state index in [1.165, 1.54) is 23.6 Å². The normalized spacial score (nSPS) is 19.9. The third-order valence-corrected chi connectivity index (χ3v) is 11.7. The molecule has 0 amide bonds. The summed E-state index contributed by atoms with van der Waals surface area (Å²) in [6.07, 6.45) is 8.26. The summed E-state index contributed by atoms with van der Waals surface area (Å²) in [5.74, 6) is -0.318. The molecule has 0 spiro atoms. The maximum atomic E-state index is 11.1. The van der Waals surface area contributed by atoms with Gasteiger partial charge in [-0.1, -0.05) is 101 Å². The second-order valence-corrected chi connectivity index (χ2v) is 14.4. The van der Waals surface area contributed by atoms with Gasteiger partial charge in [-0.3, -0.25) is 4.79 Å². The van der Waals surface area contributed by atoms with E-state index in [9.17, 15) is 4.79 Å². The molecule has 0 unspecified atom stereocenters. The Kier molecular flexibility index (Phi) is 9.29. The highest BCUT2D eigenvalue weighted by atomic mass is 28.4. The summed E-state index contributed by atoms with van der Waals surface area (Å²) < 4.78 is 18.9. The smallest absolute Gasteiger partial charge is 0.307 e. The van der Waals surface area contributed by atoms with Crippen LogP contribution in [0.3, 0.4) is 0 Å². The lowest BCUT2D eigenvalue weighted by Gasteiger charge is -2.46. The highest BCUT2D eigenvalue weighted by Gasteiger charge is 2.52. The van der Waals surface area contributed by atoms with Gasteiger partial charge in [-0.05, 0) is 40.8 Å². The minimum absolute atomic E-state index is 0.00150. The van der Waals surface area contributed by atoms with Gasteiger partial charge in [-0.25, -0.2) is 0 Å². The third kappa shape index (κ3) is 6.26. The van der Waals surface area contributed by atoms with Crippen molar-refractivity contribution in [1.29, 1.82) is 0 Å². The van der Waals surface area contributed by atoms with E-state index in [1.807, 2.05) is 6.08 Å². The van der Waals surface area contributed by atoms with Crippen LogP contribution < -0.4 is 10.4 Å². The molecule has 0 aliphatic carbocycles. The standard InChI is InChI=1S/C29H40O4Si/c1-6-7-18-28(27-20-19-24(32-27)21-22-31-23(2)30)33-34(29(3,4)5,25-14-10-8-11-15-25)26-16-12-9-13-17-26/h8-17,21-22,24,27-28H,6-7,18-20H2,1-5H3/b22-21+/t24-,27-,28-/m1/s1. The summed E-state index contributed by atoms with van der Waals surface area (Å²) in [5, 5.41) is 2.51. The molecule has 1 aliphatic rings. The van der Waals surface area contributed by atoms with Gasteiger partial charge < -0.3 is 13.9 Å². The predicted molar refractivity (Wildman–Crippen MR) is 141 cm³/mol. The zero-order valence-corrected chi connectivity index (χ0v) is 22.3. The molecule has 2 aromatic rings. The van der Waals surface area contributed by atoms with Gasteiger partial charge in [0.25, 0.3) is 8.32 Å². The Balaban J connectivity index is 1.98. The first kappa shape index (κ1) is 26.4. The Hall–Kier alpha value is -2.21. The van der Waals surface area contributed by atoms with Gasteiger partial charge in [0.05, 0.1) is 24.6 Å². The largest absolute Gasteiger partial charge is 0.435 e. The number of rotatable bonds is 10. The molecule has 2 aromatic carbocycles. The van der Waals surface area contributed by atoms with Crippen molar-refractivity contribution in [2.75, 3.05) is 0 Å². The number of esters is 1. The molecule has 0 saturated carbocycles. The summed E-state index contributed by atoms with van der Waals surface area (Å²) >= 11 is 0. The van der Waals surface area contributed by atoms with Crippen molar-refractivity contribution in [3.63, 3.8) is 0 Å². The molecule has 0 bridgehead atoms. The fourth-order valence-electron chi connectivity index (χ4n) is 4.97. The molecular formula is C29H40O4Si. The fraction of sp³-hybridized carbons (Fsp3) is 0.483. The van der Waals surface area contributed by atoms with E-state index in [-0.39, 0.29) is 29.3 Å². The summed E-state index contributed by atoms with van der Waals surface area (Å²) in [6, 6.07) is 21.6. The van der Waals surface area contributed by atoms with Crippen LogP contribution >= 0.6 is 0 Å². The lowest BCUT2D eigenvalue weighted by molar-refractivity contribution is -0.135. The number of carbonyl (C=O) groups is 1. The maximum absolute atomic E-state index is 11.1. The van der Waals surface area contributed by atoms with E-state index in [4.69, 9.17) is 13.9 Å². The van der Waals surface area contributed by atoms with E-state index in [0.717, 1.165) is 32.1 Å². The molecule has 5 heteroatoms. The Bertz CT molecular complexity index is 881. The average molecular weight is 481 g/mol. The molecule has 1 fully saturated rings. The minimum Gasteiger partial charge on any atom is -0.435 e. The zero-order chi connectivity index (χ0) is 24.6. The molecular weight excluding hydrogens is 440 g/mol. The van der Waals surface area contributed by atoms with Gasteiger partial charge in [-0.15, -0.1) is 0 Å². The fourth-order valence-corrected chi connectivity index (χ4v) is 9.71. The second-order valence-electron chi connectivity index (χ2n) is 10.2. The van der Waals surface area contributed by atoms with E-state index in [1.54, 1.807) is 0 Å². The number of unbranched alkanes of at least 4 members (excludes halogenated alkanes) is 1. The average Bonchev–Trinajstić information content (AvgIpc) is 3.28. The number of benzene rings is 2. The minimum atomic E-state index is -2.66. The number of hydrogen-bond donors (Lipinski definition) is 0. The van der Waals surface area contributed by atoms with Crippen molar-refractivity contribution in [3.8, 4) is 0 Å². The van der Waals surface area contributed by atoms with Crippen molar-refractivity contribution in [2.45, 2.75) is 90.1 Å². The van der Waals surface area contributed by atoms with Gasteiger partial charge in [0, 0.05) is 6.92 Å². The maximum Gasteiger partial charge on any atom is 0.307 e.